The first-order valence-electron chi connectivity index (χ1n) is 4.91. The Morgan fingerprint density at radius 3 is 3.07 bits per heavy atom. The predicted octanol–water partition coefficient (Wildman–Crippen LogP) is 0.0888. The standard InChI is InChI=1S/C10H11NO3/c1-2-14-11-7-6-3-4-10(11,5-6)9(13)8(7)12/h3-4,6-7H,2,5H2,1H3. The molecule has 4 nitrogen and oxygen atoms in total. The Labute approximate surface area is 81.5 Å². The van der Waals surface area contributed by atoms with Crippen LogP contribution in [-0.2, 0) is 14.4 Å². The number of hydroxylamine groups is 2. The van der Waals surface area contributed by atoms with Crippen molar-refractivity contribution >= 4 is 11.6 Å². The zero-order chi connectivity index (χ0) is 9.92. The number of ketones is 2. The summed E-state index contributed by atoms with van der Waals surface area (Å²) in [5.74, 6) is -0.382. The van der Waals surface area contributed by atoms with Crippen LogP contribution in [0.25, 0.3) is 0 Å². The van der Waals surface area contributed by atoms with Crippen molar-refractivity contribution in [2.45, 2.75) is 24.9 Å². The number of carbonyl (C=O) groups excluding carboxylic acids is 2. The third kappa shape index (κ3) is 0.654. The molecule has 4 heteroatoms. The van der Waals surface area contributed by atoms with Crippen LogP contribution in [0.2, 0.25) is 0 Å². The molecule has 0 aromatic heterocycles. The second kappa shape index (κ2) is 2.32. The monoisotopic (exact) mass is 193 g/mol. The molecule has 2 heterocycles. The van der Waals surface area contributed by atoms with Gasteiger partial charge in [0.1, 0.15) is 11.6 Å². The van der Waals surface area contributed by atoms with Gasteiger partial charge in [-0.1, -0.05) is 12.2 Å². The largest absolute Gasteiger partial charge is 0.297 e. The van der Waals surface area contributed by atoms with Crippen LogP contribution in [0.1, 0.15) is 13.3 Å². The highest BCUT2D eigenvalue weighted by Crippen LogP contribution is 2.51. The van der Waals surface area contributed by atoms with Crippen molar-refractivity contribution in [3.05, 3.63) is 12.2 Å². The number of fused-ring (bicyclic) bond motifs is 3. The van der Waals surface area contributed by atoms with Gasteiger partial charge >= 0.3 is 0 Å². The van der Waals surface area contributed by atoms with Crippen LogP contribution in [0.4, 0.5) is 0 Å². The highest BCUT2D eigenvalue weighted by molar-refractivity contribution is 6.46. The second-order valence-electron chi connectivity index (χ2n) is 4.03. The number of Topliss-reactive ketones (excluding diaryl/α,β-unsaturated/α-hetero) is 2. The minimum atomic E-state index is -0.734. The summed E-state index contributed by atoms with van der Waals surface area (Å²) in [6.07, 6.45) is 4.53. The maximum absolute atomic E-state index is 11.7. The molecule has 3 bridgehead atoms. The van der Waals surface area contributed by atoms with Crippen LogP contribution < -0.4 is 0 Å². The molecule has 3 atom stereocenters. The maximum atomic E-state index is 11.7. The molecule has 3 unspecified atom stereocenters. The van der Waals surface area contributed by atoms with Crippen LogP contribution in [0.3, 0.4) is 0 Å². The molecule has 1 spiro atoms. The van der Waals surface area contributed by atoms with Crippen LogP contribution in [0.15, 0.2) is 12.2 Å². The van der Waals surface area contributed by atoms with Crippen molar-refractivity contribution in [3.8, 4) is 0 Å². The molecule has 3 aliphatic rings. The lowest BCUT2D eigenvalue weighted by atomic mass is 9.86. The smallest absolute Gasteiger partial charge is 0.226 e. The summed E-state index contributed by atoms with van der Waals surface area (Å²) >= 11 is 0. The molecule has 74 valence electrons. The van der Waals surface area contributed by atoms with E-state index < -0.39 is 5.54 Å². The molecule has 2 saturated heterocycles. The molecule has 0 amide bonds. The molecule has 14 heavy (non-hydrogen) atoms. The molecule has 0 radical (unpaired) electrons. The van der Waals surface area contributed by atoms with Gasteiger partial charge in [-0.3, -0.25) is 14.4 Å². The van der Waals surface area contributed by atoms with Gasteiger partial charge in [0.05, 0.1) is 6.61 Å². The number of hydrogen-bond acceptors (Lipinski definition) is 4. The lowest BCUT2D eigenvalue weighted by molar-refractivity contribution is -0.193. The van der Waals surface area contributed by atoms with Crippen LogP contribution >= 0.6 is 0 Å². The van der Waals surface area contributed by atoms with Gasteiger partial charge in [-0.2, -0.15) is 5.06 Å². The fourth-order valence-electron chi connectivity index (χ4n) is 2.83. The lowest BCUT2D eigenvalue weighted by Gasteiger charge is -2.28. The highest BCUT2D eigenvalue weighted by atomic mass is 16.7. The Kier molecular flexibility index (Phi) is 1.38. The Bertz CT molecular complexity index is 362. The molecule has 0 N–H and O–H groups in total. The van der Waals surface area contributed by atoms with Gasteiger partial charge < -0.3 is 0 Å². The summed E-state index contributed by atoms with van der Waals surface area (Å²) in [5.41, 5.74) is -0.734. The zero-order valence-electron chi connectivity index (χ0n) is 7.90. The van der Waals surface area contributed by atoms with E-state index in [-0.39, 0.29) is 23.5 Å². The van der Waals surface area contributed by atoms with E-state index >= 15 is 0 Å². The van der Waals surface area contributed by atoms with Crippen molar-refractivity contribution in [1.82, 2.24) is 5.06 Å². The zero-order valence-corrected chi connectivity index (χ0v) is 7.90. The number of nitrogens with zero attached hydrogens (tertiary/aromatic N) is 1. The lowest BCUT2D eigenvalue weighted by Crippen LogP contribution is -2.43. The van der Waals surface area contributed by atoms with Gasteiger partial charge in [0.15, 0.2) is 0 Å². The van der Waals surface area contributed by atoms with E-state index in [4.69, 9.17) is 4.84 Å². The minimum absolute atomic E-state index is 0.187. The molecular formula is C10H11NO3. The van der Waals surface area contributed by atoms with E-state index in [0.29, 0.717) is 6.61 Å². The predicted molar refractivity (Wildman–Crippen MR) is 47.2 cm³/mol. The molecule has 3 rings (SSSR count). The van der Waals surface area contributed by atoms with Gasteiger partial charge in [0.25, 0.3) is 0 Å². The quantitative estimate of drug-likeness (QED) is 0.460. The van der Waals surface area contributed by atoms with Gasteiger partial charge in [-0.15, -0.1) is 0 Å². The van der Waals surface area contributed by atoms with Crippen LogP contribution in [-0.4, -0.2) is 34.8 Å². The molecule has 1 aliphatic carbocycles. The highest BCUT2D eigenvalue weighted by Gasteiger charge is 2.69. The molecule has 0 aromatic carbocycles. The van der Waals surface area contributed by atoms with E-state index in [2.05, 4.69) is 0 Å². The number of hydrogen-bond donors (Lipinski definition) is 0. The van der Waals surface area contributed by atoms with Gasteiger partial charge in [0, 0.05) is 5.92 Å². The summed E-state index contributed by atoms with van der Waals surface area (Å²) in [7, 11) is 0. The van der Waals surface area contributed by atoms with E-state index in [1.165, 1.54) is 0 Å². The van der Waals surface area contributed by atoms with Crippen molar-refractivity contribution in [2.24, 2.45) is 5.92 Å². The fourth-order valence-corrected chi connectivity index (χ4v) is 2.83. The Balaban J connectivity index is 2.08. The summed E-state index contributed by atoms with van der Waals surface area (Å²) in [6.45, 7) is 2.36. The summed E-state index contributed by atoms with van der Waals surface area (Å²) in [6, 6.07) is -0.340. The molecular weight excluding hydrogens is 182 g/mol. The molecule has 0 saturated carbocycles. The second-order valence-corrected chi connectivity index (χ2v) is 4.03. The Hall–Kier alpha value is -1.00. The Morgan fingerprint density at radius 1 is 1.64 bits per heavy atom. The average molecular weight is 193 g/mol. The first-order chi connectivity index (χ1) is 6.70. The van der Waals surface area contributed by atoms with Crippen molar-refractivity contribution in [3.63, 3.8) is 0 Å². The van der Waals surface area contributed by atoms with E-state index in [9.17, 15) is 9.59 Å². The van der Waals surface area contributed by atoms with E-state index in [1.54, 1.807) is 5.06 Å². The molecule has 2 aliphatic heterocycles. The number of rotatable bonds is 2. The maximum Gasteiger partial charge on any atom is 0.226 e. The Morgan fingerprint density at radius 2 is 2.43 bits per heavy atom. The average Bonchev–Trinajstić information content (AvgIpc) is 2.75. The minimum Gasteiger partial charge on any atom is -0.297 e. The van der Waals surface area contributed by atoms with Crippen LogP contribution in [0, 0.1) is 5.92 Å². The van der Waals surface area contributed by atoms with E-state index in [1.807, 2.05) is 19.1 Å². The van der Waals surface area contributed by atoms with Gasteiger partial charge in [-0.05, 0) is 13.3 Å². The third-order valence-electron chi connectivity index (χ3n) is 3.37. The summed E-state index contributed by atoms with van der Waals surface area (Å²) in [5, 5.41) is 1.61. The van der Waals surface area contributed by atoms with Crippen molar-refractivity contribution < 1.29 is 14.4 Å². The molecule has 0 aromatic rings. The SMILES string of the molecule is CCON1C2C(=O)C(=O)C13C=CC2C3. The summed E-state index contributed by atoms with van der Waals surface area (Å²) < 4.78 is 0. The van der Waals surface area contributed by atoms with Gasteiger partial charge in [-0.25, -0.2) is 0 Å². The van der Waals surface area contributed by atoms with Crippen LogP contribution in [0.5, 0.6) is 0 Å². The van der Waals surface area contributed by atoms with E-state index in [0.717, 1.165) is 6.42 Å². The molecule has 2 fully saturated rings. The van der Waals surface area contributed by atoms with Gasteiger partial charge in [0.2, 0.25) is 11.6 Å². The third-order valence-corrected chi connectivity index (χ3v) is 3.37. The van der Waals surface area contributed by atoms with Crippen molar-refractivity contribution in [1.29, 1.82) is 0 Å². The number of carbonyl (C=O) groups is 2. The topological polar surface area (TPSA) is 46.6 Å². The van der Waals surface area contributed by atoms with Crippen molar-refractivity contribution in [2.75, 3.05) is 6.61 Å². The first-order valence-corrected chi connectivity index (χ1v) is 4.91. The summed E-state index contributed by atoms with van der Waals surface area (Å²) in [4.78, 5) is 28.7. The normalized spacial score (nSPS) is 44.4. The first kappa shape index (κ1) is 8.32. The fraction of sp³-hybridized carbons (Fsp3) is 0.600.